The molecule has 0 radical (unpaired) electrons. The van der Waals surface area contributed by atoms with Crippen molar-refractivity contribution in [2.75, 3.05) is 24.3 Å². The number of thioether (sulfide) groups is 1. The minimum atomic E-state index is -0.236. The Kier molecular flexibility index (Phi) is 6.74. The summed E-state index contributed by atoms with van der Waals surface area (Å²) in [7, 11) is 0. The van der Waals surface area contributed by atoms with E-state index in [1.54, 1.807) is 4.57 Å². The molecule has 1 fully saturated rings. The molecule has 4 rings (SSSR count). The van der Waals surface area contributed by atoms with Crippen LogP contribution in [-0.2, 0) is 28.9 Å². The molecule has 1 atom stereocenters. The maximum Gasteiger partial charge on any atom is 0.348 e. The van der Waals surface area contributed by atoms with Gasteiger partial charge in [0, 0.05) is 23.6 Å². The number of hydrogen-bond donors (Lipinski definition) is 1. The van der Waals surface area contributed by atoms with Crippen LogP contribution in [0, 0.1) is 0 Å². The third-order valence-electron chi connectivity index (χ3n) is 5.40. The molecule has 1 amide bonds. The molecule has 2 heterocycles. The lowest BCUT2D eigenvalue weighted by molar-refractivity contribution is -0.113. The topological polar surface area (TPSA) is 82.5 Å². The van der Waals surface area contributed by atoms with Crippen LogP contribution in [-0.4, -0.2) is 40.5 Å². The smallest absolute Gasteiger partial charge is 0.348 e. The maximum absolute atomic E-state index is 12.7. The number of rotatable bonds is 8. The van der Waals surface area contributed by atoms with Crippen LogP contribution in [0.4, 0.5) is 5.69 Å². The molecule has 1 saturated heterocycles. The van der Waals surface area contributed by atoms with Crippen LogP contribution in [0.3, 0.4) is 0 Å². The Balaban J connectivity index is 1.40. The Labute approximate surface area is 180 Å². The van der Waals surface area contributed by atoms with Gasteiger partial charge < -0.3 is 14.8 Å². The summed E-state index contributed by atoms with van der Waals surface area (Å²) in [4.78, 5) is 29.4. The third kappa shape index (κ3) is 4.87. The number of hydrogen-bond acceptors (Lipinski definition) is 6. The van der Waals surface area contributed by atoms with Gasteiger partial charge in [0.2, 0.25) is 5.91 Å². The van der Waals surface area contributed by atoms with Gasteiger partial charge in [0.25, 0.3) is 0 Å². The Morgan fingerprint density at radius 3 is 2.87 bits per heavy atom. The number of nitrogens with zero attached hydrogens (tertiary/aromatic N) is 2. The van der Waals surface area contributed by atoms with E-state index in [-0.39, 0.29) is 23.5 Å². The van der Waals surface area contributed by atoms with Crippen molar-refractivity contribution in [2.24, 2.45) is 0 Å². The van der Waals surface area contributed by atoms with Gasteiger partial charge >= 0.3 is 5.69 Å². The second kappa shape index (κ2) is 9.66. The van der Waals surface area contributed by atoms with Gasteiger partial charge in [-0.2, -0.15) is 4.98 Å². The van der Waals surface area contributed by atoms with Crippen molar-refractivity contribution in [3.8, 4) is 5.75 Å². The molecule has 1 aliphatic heterocycles. The molecule has 1 aromatic heterocycles. The molecule has 1 unspecified atom stereocenters. The summed E-state index contributed by atoms with van der Waals surface area (Å²) >= 11 is 1.34. The van der Waals surface area contributed by atoms with Crippen molar-refractivity contribution in [2.45, 2.75) is 56.7 Å². The van der Waals surface area contributed by atoms with Crippen molar-refractivity contribution < 1.29 is 14.3 Å². The number of anilines is 1. The van der Waals surface area contributed by atoms with E-state index in [2.05, 4.69) is 10.3 Å². The van der Waals surface area contributed by atoms with Gasteiger partial charge in [-0.05, 0) is 63.3 Å². The second-order valence-electron chi connectivity index (χ2n) is 7.52. The van der Waals surface area contributed by atoms with E-state index in [0.717, 1.165) is 55.7 Å². The summed E-state index contributed by atoms with van der Waals surface area (Å²) in [5.41, 5.74) is 2.67. The summed E-state index contributed by atoms with van der Waals surface area (Å²) in [5.74, 6) is 0.858. The van der Waals surface area contributed by atoms with Crippen LogP contribution >= 0.6 is 11.8 Å². The minimum absolute atomic E-state index is 0.104. The first-order valence-corrected chi connectivity index (χ1v) is 11.5. The Morgan fingerprint density at radius 2 is 2.13 bits per heavy atom. The number of fused-ring (bicyclic) bond motifs is 1. The molecule has 0 bridgehead atoms. The van der Waals surface area contributed by atoms with Crippen molar-refractivity contribution in [1.82, 2.24) is 9.55 Å². The van der Waals surface area contributed by atoms with Gasteiger partial charge in [0.05, 0.1) is 25.0 Å². The number of carbonyl (C=O) groups is 1. The molecule has 2 aliphatic rings. The quantitative estimate of drug-likeness (QED) is 0.513. The second-order valence-corrected chi connectivity index (χ2v) is 8.48. The zero-order valence-corrected chi connectivity index (χ0v) is 18.0. The lowest BCUT2D eigenvalue weighted by Crippen LogP contribution is -2.31. The molecule has 8 heteroatoms. The zero-order chi connectivity index (χ0) is 20.9. The van der Waals surface area contributed by atoms with Crippen molar-refractivity contribution in [1.29, 1.82) is 0 Å². The summed E-state index contributed by atoms with van der Waals surface area (Å²) in [6.45, 7) is 3.88. The van der Waals surface area contributed by atoms with Gasteiger partial charge in [0.1, 0.15) is 10.8 Å². The van der Waals surface area contributed by atoms with Crippen molar-refractivity contribution in [3.05, 3.63) is 46.0 Å². The highest BCUT2D eigenvalue weighted by Crippen LogP contribution is 2.30. The van der Waals surface area contributed by atoms with Gasteiger partial charge in [-0.25, -0.2) is 4.79 Å². The van der Waals surface area contributed by atoms with Gasteiger partial charge in [0.15, 0.2) is 0 Å². The lowest BCUT2D eigenvalue weighted by atomic mass is 10.2. The first-order chi connectivity index (χ1) is 14.6. The van der Waals surface area contributed by atoms with Crippen LogP contribution in [0.2, 0.25) is 0 Å². The highest BCUT2D eigenvalue weighted by Gasteiger charge is 2.25. The molecule has 30 heavy (non-hydrogen) atoms. The van der Waals surface area contributed by atoms with Crippen LogP contribution in [0.25, 0.3) is 0 Å². The highest BCUT2D eigenvalue weighted by molar-refractivity contribution is 8.00. The van der Waals surface area contributed by atoms with E-state index >= 15 is 0 Å². The Bertz CT molecular complexity index is 952. The molecule has 1 aliphatic carbocycles. The first kappa shape index (κ1) is 20.9. The molecular weight excluding hydrogens is 402 g/mol. The Morgan fingerprint density at radius 1 is 1.30 bits per heavy atom. The van der Waals surface area contributed by atoms with Crippen LogP contribution in [0.1, 0.15) is 37.4 Å². The average molecular weight is 430 g/mol. The van der Waals surface area contributed by atoms with Crippen molar-refractivity contribution >= 4 is 23.4 Å². The van der Waals surface area contributed by atoms with E-state index in [1.807, 2.05) is 31.2 Å². The fourth-order valence-corrected chi connectivity index (χ4v) is 4.89. The number of nitrogens with one attached hydrogen (secondary N) is 1. The predicted molar refractivity (Wildman–Crippen MR) is 116 cm³/mol. The number of benzene rings is 1. The van der Waals surface area contributed by atoms with Crippen LogP contribution < -0.4 is 15.7 Å². The van der Waals surface area contributed by atoms with Gasteiger partial charge in [-0.1, -0.05) is 11.8 Å². The number of ether oxygens (including phenoxy) is 2. The predicted octanol–water partition coefficient (Wildman–Crippen LogP) is 3.04. The molecule has 2 aromatic rings. The van der Waals surface area contributed by atoms with Crippen LogP contribution in [0.5, 0.6) is 5.75 Å². The van der Waals surface area contributed by atoms with E-state index in [0.29, 0.717) is 23.9 Å². The summed E-state index contributed by atoms with van der Waals surface area (Å²) < 4.78 is 12.9. The normalized spacial score (nSPS) is 17.7. The third-order valence-corrected chi connectivity index (χ3v) is 6.42. The Hall–Kier alpha value is -2.32. The van der Waals surface area contributed by atoms with Crippen molar-refractivity contribution in [3.63, 3.8) is 0 Å². The van der Waals surface area contributed by atoms with E-state index in [4.69, 9.17) is 9.47 Å². The number of carbonyl (C=O) groups excluding carboxylic acids is 1. The lowest BCUT2D eigenvalue weighted by Gasteiger charge is -2.17. The average Bonchev–Trinajstić information content (AvgIpc) is 3.42. The molecule has 160 valence electrons. The molecule has 0 spiro atoms. The van der Waals surface area contributed by atoms with E-state index in [9.17, 15) is 9.59 Å². The maximum atomic E-state index is 12.7. The summed E-state index contributed by atoms with van der Waals surface area (Å²) in [6, 6.07) is 7.29. The minimum Gasteiger partial charge on any atom is -0.494 e. The SMILES string of the molecule is CCOc1ccc(NC(=O)CSc2nc(=O)n(CC3CCCO3)c3c2CCC3)cc1. The molecular formula is C22H27N3O4S. The highest BCUT2D eigenvalue weighted by atomic mass is 32.2. The molecule has 1 N–H and O–H groups in total. The fraction of sp³-hybridized carbons (Fsp3) is 0.500. The molecule has 1 aromatic carbocycles. The number of aromatic nitrogens is 2. The fourth-order valence-electron chi connectivity index (χ4n) is 4.02. The zero-order valence-electron chi connectivity index (χ0n) is 17.2. The molecule has 0 saturated carbocycles. The number of amides is 1. The van der Waals surface area contributed by atoms with Gasteiger partial charge in [-0.15, -0.1) is 0 Å². The standard InChI is InChI=1S/C22H27N3O4S/c1-2-28-16-10-8-15(9-11-16)23-20(26)14-30-21-18-6-3-7-19(18)25(22(27)24-21)13-17-5-4-12-29-17/h8-11,17H,2-7,12-14H2,1H3,(H,23,26). The monoisotopic (exact) mass is 429 g/mol. The van der Waals surface area contributed by atoms with Crippen LogP contribution in [0.15, 0.2) is 34.1 Å². The summed E-state index contributed by atoms with van der Waals surface area (Å²) in [6.07, 6.45) is 4.93. The van der Waals surface area contributed by atoms with Gasteiger partial charge in [-0.3, -0.25) is 9.36 Å². The van der Waals surface area contributed by atoms with E-state index in [1.165, 1.54) is 11.8 Å². The first-order valence-electron chi connectivity index (χ1n) is 10.5. The molecule has 7 nitrogen and oxygen atoms in total. The van der Waals surface area contributed by atoms with E-state index < -0.39 is 0 Å². The summed E-state index contributed by atoms with van der Waals surface area (Å²) in [5, 5.41) is 3.57. The largest absolute Gasteiger partial charge is 0.494 e.